The van der Waals surface area contributed by atoms with Gasteiger partial charge in [0.25, 0.3) is 17.3 Å². The molecule has 1 N–H and O–H groups in total. The first-order chi connectivity index (χ1) is 15.6. The van der Waals surface area contributed by atoms with E-state index in [2.05, 4.69) is 5.32 Å². The van der Waals surface area contributed by atoms with Crippen LogP contribution in [0.4, 0.5) is 22.7 Å². The number of nitrogens with one attached hydrogen (secondary N) is 1. The van der Waals surface area contributed by atoms with Crippen molar-refractivity contribution in [2.24, 2.45) is 5.92 Å². The van der Waals surface area contributed by atoms with E-state index in [4.69, 9.17) is 4.74 Å². The number of rotatable bonds is 7. The molecule has 33 heavy (non-hydrogen) atoms. The van der Waals surface area contributed by atoms with Crippen LogP contribution in [0.1, 0.15) is 17.5 Å². The summed E-state index contributed by atoms with van der Waals surface area (Å²) in [5, 5.41) is 24.6. The highest BCUT2D eigenvalue weighted by atomic mass is 16.6. The molecule has 2 amide bonds. The topological polar surface area (TPSA) is 162 Å². The fraction of sp³-hybridized carbons (Fsp3) is 0.286. The molecule has 0 radical (unpaired) electrons. The normalized spacial score (nSPS) is 15.3. The molecular formula is C21H20N4O8. The zero-order valence-corrected chi connectivity index (χ0v) is 17.8. The zero-order chi connectivity index (χ0) is 24.3. The Morgan fingerprint density at radius 2 is 1.67 bits per heavy atom. The lowest BCUT2D eigenvalue weighted by molar-refractivity contribution is -0.385. The molecule has 0 aliphatic carbocycles. The number of hydrogen-bond acceptors (Lipinski definition) is 8. The van der Waals surface area contributed by atoms with Crippen LogP contribution in [0.2, 0.25) is 0 Å². The average Bonchev–Trinajstić information content (AvgIpc) is 3.15. The van der Waals surface area contributed by atoms with Crippen LogP contribution < -0.4 is 10.2 Å². The number of benzene rings is 2. The van der Waals surface area contributed by atoms with Crippen LogP contribution in [0.25, 0.3) is 0 Å². The number of ether oxygens (including phenoxy) is 1. The van der Waals surface area contributed by atoms with Gasteiger partial charge in [0.05, 0.1) is 21.5 Å². The third-order valence-corrected chi connectivity index (χ3v) is 5.19. The Morgan fingerprint density at radius 1 is 1.06 bits per heavy atom. The highest BCUT2D eigenvalue weighted by Gasteiger charge is 2.37. The lowest BCUT2D eigenvalue weighted by Crippen LogP contribution is -2.28. The molecular weight excluding hydrogens is 436 g/mol. The molecule has 172 valence electrons. The largest absolute Gasteiger partial charge is 0.455 e. The number of anilines is 2. The first-order valence-corrected chi connectivity index (χ1v) is 9.83. The van der Waals surface area contributed by atoms with Crippen molar-refractivity contribution in [1.82, 2.24) is 0 Å². The molecule has 12 heteroatoms. The van der Waals surface area contributed by atoms with E-state index in [9.17, 15) is 34.6 Å². The summed E-state index contributed by atoms with van der Waals surface area (Å²) >= 11 is 0. The number of carbonyl (C=O) groups is 3. The number of hydrogen-bond donors (Lipinski definition) is 1. The predicted molar refractivity (Wildman–Crippen MR) is 116 cm³/mol. The van der Waals surface area contributed by atoms with Crippen molar-refractivity contribution in [2.45, 2.75) is 20.3 Å². The van der Waals surface area contributed by atoms with Gasteiger partial charge < -0.3 is 15.0 Å². The molecule has 2 aromatic carbocycles. The lowest BCUT2D eigenvalue weighted by atomic mass is 10.1. The molecule has 3 rings (SSSR count). The van der Waals surface area contributed by atoms with Crippen molar-refractivity contribution in [3.63, 3.8) is 0 Å². The second kappa shape index (κ2) is 9.42. The van der Waals surface area contributed by atoms with Crippen molar-refractivity contribution in [1.29, 1.82) is 0 Å². The van der Waals surface area contributed by atoms with E-state index in [0.29, 0.717) is 16.8 Å². The van der Waals surface area contributed by atoms with E-state index in [-0.39, 0.29) is 30.0 Å². The molecule has 1 heterocycles. The highest BCUT2D eigenvalue weighted by molar-refractivity contribution is 6.00. The van der Waals surface area contributed by atoms with Gasteiger partial charge in [0, 0.05) is 41.9 Å². The molecule has 0 spiro atoms. The van der Waals surface area contributed by atoms with E-state index in [1.165, 1.54) is 35.2 Å². The summed E-state index contributed by atoms with van der Waals surface area (Å²) < 4.78 is 5.00. The van der Waals surface area contributed by atoms with Crippen LogP contribution >= 0.6 is 0 Å². The van der Waals surface area contributed by atoms with Crippen molar-refractivity contribution in [2.75, 3.05) is 23.4 Å². The molecule has 1 aliphatic rings. The Labute approximate surface area is 187 Å². The van der Waals surface area contributed by atoms with Crippen molar-refractivity contribution in [3.05, 3.63) is 67.8 Å². The molecule has 0 aromatic heterocycles. The summed E-state index contributed by atoms with van der Waals surface area (Å²) in [5.74, 6) is -2.70. The number of amides is 2. The number of nitrogens with zero attached hydrogens (tertiary/aromatic N) is 3. The van der Waals surface area contributed by atoms with E-state index < -0.39 is 40.2 Å². The predicted octanol–water partition coefficient (Wildman–Crippen LogP) is 2.65. The Bertz CT molecular complexity index is 1160. The minimum Gasteiger partial charge on any atom is -0.455 e. The van der Waals surface area contributed by atoms with Gasteiger partial charge in [0.15, 0.2) is 6.61 Å². The van der Waals surface area contributed by atoms with Crippen LogP contribution in [0.3, 0.4) is 0 Å². The van der Waals surface area contributed by atoms with Gasteiger partial charge >= 0.3 is 5.97 Å². The first kappa shape index (κ1) is 23.3. The number of esters is 1. The number of nitro groups is 2. The van der Waals surface area contributed by atoms with E-state index in [1.54, 1.807) is 19.9 Å². The van der Waals surface area contributed by atoms with Crippen LogP contribution in [0.15, 0.2) is 36.4 Å². The third kappa shape index (κ3) is 5.29. The highest BCUT2D eigenvalue weighted by Crippen LogP contribution is 2.30. The smallest absolute Gasteiger partial charge is 0.311 e. The molecule has 0 saturated carbocycles. The molecule has 0 bridgehead atoms. The average molecular weight is 456 g/mol. The van der Waals surface area contributed by atoms with E-state index >= 15 is 0 Å². The van der Waals surface area contributed by atoms with Gasteiger partial charge in [-0.1, -0.05) is 12.1 Å². The number of nitro benzene ring substituents is 2. The zero-order valence-electron chi connectivity index (χ0n) is 17.8. The second-order valence-electron chi connectivity index (χ2n) is 7.55. The van der Waals surface area contributed by atoms with Crippen LogP contribution in [-0.2, 0) is 19.1 Å². The van der Waals surface area contributed by atoms with Gasteiger partial charge in [-0.15, -0.1) is 0 Å². The Morgan fingerprint density at radius 3 is 2.30 bits per heavy atom. The SMILES string of the molecule is Cc1ccc(NC(=O)COC(=O)[C@H]2CC(=O)N(c3ccc(C)c([N+](=O)[O-])c3)C2)cc1[N+](=O)[O-]. The van der Waals surface area contributed by atoms with Gasteiger partial charge in [-0.25, -0.2) is 0 Å². The Kier molecular flexibility index (Phi) is 6.66. The van der Waals surface area contributed by atoms with E-state index in [0.717, 1.165) is 0 Å². The van der Waals surface area contributed by atoms with Crippen LogP contribution in [-0.4, -0.2) is 40.8 Å². The summed E-state index contributed by atoms with van der Waals surface area (Å²) in [6.07, 6.45) is -0.160. The minimum atomic E-state index is -0.842. The van der Waals surface area contributed by atoms with Gasteiger partial charge in [0.1, 0.15) is 0 Å². The van der Waals surface area contributed by atoms with Gasteiger partial charge in [-0.3, -0.25) is 34.6 Å². The van der Waals surface area contributed by atoms with Crippen molar-refractivity contribution in [3.8, 4) is 0 Å². The number of carbonyl (C=O) groups excluding carboxylic acids is 3. The third-order valence-electron chi connectivity index (χ3n) is 5.19. The Hall–Kier alpha value is -4.35. The molecule has 0 unspecified atom stereocenters. The first-order valence-electron chi connectivity index (χ1n) is 9.83. The summed E-state index contributed by atoms with van der Waals surface area (Å²) in [6, 6.07) is 8.51. The summed E-state index contributed by atoms with van der Waals surface area (Å²) in [6.45, 7) is 2.46. The fourth-order valence-electron chi connectivity index (χ4n) is 3.41. The van der Waals surface area contributed by atoms with Crippen molar-refractivity contribution >= 4 is 40.5 Å². The molecule has 12 nitrogen and oxygen atoms in total. The maximum atomic E-state index is 12.4. The monoisotopic (exact) mass is 456 g/mol. The second-order valence-corrected chi connectivity index (χ2v) is 7.55. The van der Waals surface area contributed by atoms with Crippen LogP contribution in [0, 0.1) is 40.0 Å². The minimum absolute atomic E-state index is 0.0380. The van der Waals surface area contributed by atoms with Crippen molar-refractivity contribution < 1.29 is 29.0 Å². The van der Waals surface area contributed by atoms with E-state index in [1.807, 2.05) is 0 Å². The maximum absolute atomic E-state index is 12.4. The maximum Gasteiger partial charge on any atom is 0.311 e. The van der Waals surface area contributed by atoms with Gasteiger partial charge in [-0.05, 0) is 26.0 Å². The standard InChI is InChI=1S/C21H20N4O8/c1-12-3-5-15(8-17(12)24(29)30)22-19(26)11-33-21(28)14-7-20(27)23(10-14)16-6-4-13(2)18(9-16)25(31)32/h3-6,8-9,14H,7,10-11H2,1-2H3,(H,22,26)/t14-/m0/s1. The molecule has 2 aromatic rings. The molecule has 1 fully saturated rings. The quantitative estimate of drug-likeness (QED) is 0.378. The molecule has 1 aliphatic heterocycles. The van der Waals surface area contributed by atoms with Gasteiger partial charge in [0.2, 0.25) is 5.91 Å². The number of aryl methyl sites for hydroxylation is 2. The molecule has 1 saturated heterocycles. The van der Waals surface area contributed by atoms with Gasteiger partial charge in [-0.2, -0.15) is 0 Å². The fourth-order valence-corrected chi connectivity index (χ4v) is 3.41. The molecule has 1 atom stereocenters. The summed E-state index contributed by atoms with van der Waals surface area (Å²) in [7, 11) is 0. The summed E-state index contributed by atoms with van der Waals surface area (Å²) in [5.41, 5.74) is 1.04. The van der Waals surface area contributed by atoms with Crippen LogP contribution in [0.5, 0.6) is 0 Å². The lowest BCUT2D eigenvalue weighted by Gasteiger charge is -2.16. The Balaban J connectivity index is 1.58. The summed E-state index contributed by atoms with van der Waals surface area (Å²) in [4.78, 5) is 59.1.